The van der Waals surface area contributed by atoms with Crippen molar-refractivity contribution in [2.24, 2.45) is 12.1 Å². The van der Waals surface area contributed by atoms with Crippen molar-refractivity contribution < 1.29 is 4.74 Å². The summed E-state index contributed by atoms with van der Waals surface area (Å²) < 4.78 is 9.66. The highest BCUT2D eigenvalue weighted by molar-refractivity contribution is 7.71. The fourth-order valence-electron chi connectivity index (χ4n) is 2.73. The fraction of sp³-hybridized carbons (Fsp3) is 0.368. The lowest BCUT2D eigenvalue weighted by atomic mass is 10.0. The summed E-state index contributed by atoms with van der Waals surface area (Å²) in [6.45, 7) is 8.54. The second-order valence-electron chi connectivity index (χ2n) is 6.72. The van der Waals surface area contributed by atoms with Crippen LogP contribution in [-0.4, -0.2) is 30.9 Å². The Kier molecular flexibility index (Phi) is 5.55. The van der Waals surface area contributed by atoms with E-state index >= 15 is 0 Å². The molecule has 1 aromatic carbocycles. The standard InChI is InChI=1S/C19H24N6OS/c1-12(2)15-6-8-16(9-7-15)26-11-18-21-22-19(27)25(18)20-10-17-13(3)23-24(5)14(17)4/h6-10,12H,11H2,1-5H3,(H,22,27). The number of aromatic amines is 1. The molecule has 2 heterocycles. The SMILES string of the molecule is Cc1nn(C)c(C)c1C=Nn1c(COc2ccc(C(C)C)cc2)n[nH]c1=S. The molecule has 0 aliphatic heterocycles. The zero-order valence-corrected chi connectivity index (χ0v) is 17.0. The summed E-state index contributed by atoms with van der Waals surface area (Å²) in [6, 6.07) is 8.07. The predicted octanol–water partition coefficient (Wildman–Crippen LogP) is 3.88. The van der Waals surface area contributed by atoms with Crippen LogP contribution in [-0.2, 0) is 13.7 Å². The van der Waals surface area contributed by atoms with E-state index in [1.807, 2.05) is 37.7 Å². The summed E-state index contributed by atoms with van der Waals surface area (Å²) in [5, 5.41) is 15.9. The molecule has 27 heavy (non-hydrogen) atoms. The molecule has 3 rings (SSSR count). The van der Waals surface area contributed by atoms with Gasteiger partial charge in [0.05, 0.1) is 11.9 Å². The van der Waals surface area contributed by atoms with E-state index in [0.29, 0.717) is 16.5 Å². The number of rotatable bonds is 6. The monoisotopic (exact) mass is 384 g/mol. The molecule has 0 atom stereocenters. The molecule has 7 nitrogen and oxygen atoms in total. The Labute approximate surface area is 163 Å². The smallest absolute Gasteiger partial charge is 0.216 e. The lowest BCUT2D eigenvalue weighted by Crippen LogP contribution is -2.04. The molecule has 0 unspecified atom stereocenters. The van der Waals surface area contributed by atoms with Gasteiger partial charge in [0.2, 0.25) is 4.77 Å². The molecule has 3 aromatic rings. The Morgan fingerprint density at radius 3 is 2.56 bits per heavy atom. The second-order valence-corrected chi connectivity index (χ2v) is 7.11. The van der Waals surface area contributed by atoms with E-state index in [4.69, 9.17) is 17.0 Å². The Morgan fingerprint density at radius 1 is 1.26 bits per heavy atom. The van der Waals surface area contributed by atoms with Crippen LogP contribution in [0, 0.1) is 18.6 Å². The number of hydrogen-bond acceptors (Lipinski definition) is 5. The number of H-pyrrole nitrogens is 1. The molecule has 0 aliphatic carbocycles. The first-order valence-electron chi connectivity index (χ1n) is 8.80. The first-order chi connectivity index (χ1) is 12.9. The number of nitrogens with one attached hydrogen (secondary N) is 1. The topological polar surface area (TPSA) is 73.0 Å². The van der Waals surface area contributed by atoms with Crippen LogP contribution in [0.25, 0.3) is 0 Å². The molecule has 0 spiro atoms. The van der Waals surface area contributed by atoms with Crippen LogP contribution in [0.3, 0.4) is 0 Å². The number of aryl methyl sites for hydroxylation is 2. The molecular formula is C19H24N6OS. The molecule has 142 valence electrons. The van der Waals surface area contributed by atoms with E-state index < -0.39 is 0 Å². The fourth-order valence-corrected chi connectivity index (χ4v) is 2.92. The van der Waals surface area contributed by atoms with Crippen LogP contribution in [0.2, 0.25) is 0 Å². The van der Waals surface area contributed by atoms with E-state index in [1.165, 1.54) is 5.56 Å². The summed E-state index contributed by atoms with van der Waals surface area (Å²) in [5.41, 5.74) is 4.19. The summed E-state index contributed by atoms with van der Waals surface area (Å²) >= 11 is 5.29. The Morgan fingerprint density at radius 2 is 1.96 bits per heavy atom. The maximum Gasteiger partial charge on any atom is 0.216 e. The quantitative estimate of drug-likeness (QED) is 0.517. The molecule has 0 bridgehead atoms. The molecule has 0 saturated heterocycles. The van der Waals surface area contributed by atoms with Gasteiger partial charge in [0, 0.05) is 18.3 Å². The maximum atomic E-state index is 5.84. The third-order valence-corrected chi connectivity index (χ3v) is 4.76. The van der Waals surface area contributed by atoms with E-state index in [9.17, 15) is 0 Å². The number of ether oxygens (including phenoxy) is 1. The van der Waals surface area contributed by atoms with Crippen LogP contribution in [0.1, 0.15) is 48.1 Å². The normalized spacial score (nSPS) is 11.6. The largest absolute Gasteiger partial charge is 0.486 e. The van der Waals surface area contributed by atoms with Crippen molar-refractivity contribution in [3.05, 3.63) is 57.4 Å². The number of aromatic nitrogens is 5. The van der Waals surface area contributed by atoms with Crippen molar-refractivity contribution in [3.63, 3.8) is 0 Å². The minimum absolute atomic E-state index is 0.260. The van der Waals surface area contributed by atoms with Gasteiger partial charge in [-0.25, -0.2) is 5.10 Å². The van der Waals surface area contributed by atoms with Crippen molar-refractivity contribution in [1.82, 2.24) is 24.7 Å². The lowest BCUT2D eigenvalue weighted by Gasteiger charge is -2.08. The van der Waals surface area contributed by atoms with E-state index in [1.54, 1.807) is 10.9 Å². The number of hydrogen-bond donors (Lipinski definition) is 1. The highest BCUT2D eigenvalue weighted by Gasteiger charge is 2.09. The van der Waals surface area contributed by atoms with Gasteiger partial charge < -0.3 is 4.74 Å². The molecule has 0 amide bonds. The van der Waals surface area contributed by atoms with Gasteiger partial charge in [0.15, 0.2) is 5.82 Å². The Bertz CT molecular complexity index is 1010. The third kappa shape index (κ3) is 4.16. The summed E-state index contributed by atoms with van der Waals surface area (Å²) in [7, 11) is 1.91. The van der Waals surface area contributed by atoms with Gasteiger partial charge in [-0.3, -0.25) is 4.68 Å². The molecule has 0 aliphatic rings. The first kappa shape index (κ1) is 19.0. The van der Waals surface area contributed by atoms with Crippen molar-refractivity contribution in [1.29, 1.82) is 0 Å². The van der Waals surface area contributed by atoms with Crippen LogP contribution < -0.4 is 4.74 Å². The van der Waals surface area contributed by atoms with Gasteiger partial charge in [-0.15, -0.1) is 0 Å². The van der Waals surface area contributed by atoms with Gasteiger partial charge in [-0.05, 0) is 49.7 Å². The summed E-state index contributed by atoms with van der Waals surface area (Å²) in [5.74, 6) is 1.87. The van der Waals surface area contributed by atoms with Gasteiger partial charge in [0.25, 0.3) is 0 Å². The van der Waals surface area contributed by atoms with E-state index in [0.717, 1.165) is 22.7 Å². The van der Waals surface area contributed by atoms with Crippen LogP contribution >= 0.6 is 12.2 Å². The highest BCUT2D eigenvalue weighted by Crippen LogP contribution is 2.19. The average Bonchev–Trinajstić information content (AvgIpc) is 3.11. The minimum Gasteiger partial charge on any atom is -0.486 e. The minimum atomic E-state index is 0.260. The average molecular weight is 385 g/mol. The van der Waals surface area contributed by atoms with E-state index in [-0.39, 0.29) is 6.61 Å². The van der Waals surface area contributed by atoms with Crippen molar-refractivity contribution in [2.45, 2.75) is 40.2 Å². The van der Waals surface area contributed by atoms with Crippen molar-refractivity contribution >= 4 is 18.4 Å². The zero-order valence-electron chi connectivity index (χ0n) is 16.2. The zero-order chi connectivity index (χ0) is 19.6. The molecular weight excluding hydrogens is 360 g/mol. The maximum absolute atomic E-state index is 5.84. The predicted molar refractivity (Wildman–Crippen MR) is 108 cm³/mol. The first-order valence-corrected chi connectivity index (χ1v) is 9.21. The number of nitrogens with zero attached hydrogens (tertiary/aromatic N) is 5. The highest BCUT2D eigenvalue weighted by atomic mass is 32.1. The molecule has 0 radical (unpaired) electrons. The third-order valence-electron chi connectivity index (χ3n) is 4.50. The van der Waals surface area contributed by atoms with Crippen LogP contribution in [0.5, 0.6) is 5.75 Å². The molecule has 0 fully saturated rings. The second kappa shape index (κ2) is 7.87. The lowest BCUT2D eigenvalue weighted by molar-refractivity contribution is 0.290. The van der Waals surface area contributed by atoms with Crippen LogP contribution in [0.4, 0.5) is 0 Å². The molecule has 1 N–H and O–H groups in total. The van der Waals surface area contributed by atoms with E-state index in [2.05, 4.69) is 46.4 Å². The summed E-state index contributed by atoms with van der Waals surface area (Å²) in [4.78, 5) is 0. The Hall–Kier alpha value is -2.74. The van der Waals surface area contributed by atoms with Gasteiger partial charge >= 0.3 is 0 Å². The van der Waals surface area contributed by atoms with Gasteiger partial charge in [-0.2, -0.15) is 20.0 Å². The molecule has 2 aromatic heterocycles. The van der Waals surface area contributed by atoms with Crippen LogP contribution in [0.15, 0.2) is 29.4 Å². The number of benzene rings is 1. The molecule has 8 heteroatoms. The molecule has 0 saturated carbocycles. The van der Waals surface area contributed by atoms with Crippen molar-refractivity contribution in [3.8, 4) is 5.75 Å². The summed E-state index contributed by atoms with van der Waals surface area (Å²) in [6.07, 6.45) is 1.75. The van der Waals surface area contributed by atoms with Crippen molar-refractivity contribution in [2.75, 3.05) is 0 Å². The van der Waals surface area contributed by atoms with Gasteiger partial charge in [-0.1, -0.05) is 26.0 Å². The Balaban J connectivity index is 1.76. The van der Waals surface area contributed by atoms with Gasteiger partial charge in [0.1, 0.15) is 12.4 Å².